The maximum atomic E-state index is 13.1. The van der Waals surface area contributed by atoms with E-state index in [4.69, 9.17) is 9.47 Å². The second-order valence-electron chi connectivity index (χ2n) is 7.02. The molecule has 155 valence electrons. The van der Waals surface area contributed by atoms with Gasteiger partial charge in [-0.2, -0.15) is 0 Å². The molecule has 0 N–H and O–H groups in total. The van der Waals surface area contributed by atoms with Crippen molar-refractivity contribution in [3.8, 4) is 0 Å². The molecule has 1 aliphatic heterocycles. The van der Waals surface area contributed by atoms with Gasteiger partial charge in [0.15, 0.2) is 0 Å². The second-order valence-corrected chi connectivity index (χ2v) is 9.26. The van der Waals surface area contributed by atoms with Gasteiger partial charge >= 0.3 is 182 Å². The standard InChI is InChI=1S/C23H23FNO4.Pb/c1-28-23(27)21-15-20(29-13-5-8-17-9-11-19(24)12-10-17)16-25(21)22(26)14-18-6-3-2-4-7-18;/h2-12,14,20-21H,13,15-16H2,1H3;/b8-5+;. The molecule has 0 aliphatic carbocycles. The Bertz CT molecular complexity index is 888. The predicted molar refractivity (Wildman–Crippen MR) is 112 cm³/mol. The first-order chi connectivity index (χ1) is 14.5. The predicted octanol–water partition coefficient (Wildman–Crippen LogP) is 2.91. The summed E-state index contributed by atoms with van der Waals surface area (Å²) < 4.78 is 23.5. The summed E-state index contributed by atoms with van der Waals surface area (Å²) in [5.41, 5.74) is 1.83. The molecule has 1 saturated heterocycles. The van der Waals surface area contributed by atoms with Crippen LogP contribution in [0, 0.1) is 5.82 Å². The number of amides is 1. The molecule has 1 heterocycles. The fourth-order valence-electron chi connectivity index (χ4n) is 3.42. The molecule has 3 atom stereocenters. The van der Waals surface area contributed by atoms with Crippen LogP contribution in [-0.4, -0.2) is 75.0 Å². The van der Waals surface area contributed by atoms with Gasteiger partial charge in [0.25, 0.3) is 0 Å². The SMILES string of the molecule is COC(=O)C1CC(OC/C=C/c2ccc(F)cc2)CN1C(=O)[CH]([Pb])c1ccccc1. The van der Waals surface area contributed by atoms with E-state index in [0.29, 0.717) is 45.3 Å². The van der Waals surface area contributed by atoms with Crippen molar-refractivity contribution >= 4 is 43.7 Å². The summed E-state index contributed by atoms with van der Waals surface area (Å²) in [7, 11) is 1.33. The first-order valence-corrected chi connectivity index (χ1v) is 11.9. The van der Waals surface area contributed by atoms with Gasteiger partial charge in [-0.15, -0.1) is 0 Å². The third-order valence-electron chi connectivity index (χ3n) is 5.01. The molecule has 3 unspecified atom stereocenters. The van der Waals surface area contributed by atoms with Crippen LogP contribution in [0.2, 0.25) is 0 Å². The van der Waals surface area contributed by atoms with Gasteiger partial charge in [0.05, 0.1) is 0 Å². The Morgan fingerprint density at radius 1 is 1.20 bits per heavy atom. The number of carbonyl (C=O) groups is 2. The minimum absolute atomic E-state index is 0.0591. The molecule has 3 rings (SSSR count). The summed E-state index contributed by atoms with van der Waals surface area (Å²) in [5.74, 6) is -0.754. The Balaban J connectivity index is 1.61. The number of hydrogen-bond acceptors (Lipinski definition) is 4. The number of rotatable bonds is 7. The van der Waals surface area contributed by atoms with Crippen LogP contribution in [0.4, 0.5) is 4.39 Å². The van der Waals surface area contributed by atoms with Crippen LogP contribution in [0.25, 0.3) is 6.08 Å². The Kier molecular flexibility index (Phi) is 8.15. The van der Waals surface area contributed by atoms with Crippen molar-refractivity contribution in [1.82, 2.24) is 4.90 Å². The van der Waals surface area contributed by atoms with Crippen LogP contribution in [0.5, 0.6) is 0 Å². The van der Waals surface area contributed by atoms with E-state index in [1.54, 1.807) is 17.0 Å². The molecule has 0 spiro atoms. The number of halogens is 1. The normalized spacial score (nSPS) is 19.8. The summed E-state index contributed by atoms with van der Waals surface area (Å²) in [5, 5.41) is 0. The van der Waals surface area contributed by atoms with Gasteiger partial charge in [-0.1, -0.05) is 0 Å². The van der Waals surface area contributed by atoms with Gasteiger partial charge in [0.1, 0.15) is 5.82 Å². The maximum absolute atomic E-state index is 13.1. The van der Waals surface area contributed by atoms with Crippen molar-refractivity contribution in [1.29, 1.82) is 0 Å². The van der Waals surface area contributed by atoms with Crippen molar-refractivity contribution < 1.29 is 23.5 Å². The monoisotopic (exact) mass is 604 g/mol. The molecule has 0 bridgehead atoms. The summed E-state index contributed by atoms with van der Waals surface area (Å²) >= 11 is 0.644. The van der Waals surface area contributed by atoms with Gasteiger partial charge in [-0.25, -0.2) is 4.39 Å². The Morgan fingerprint density at radius 2 is 1.90 bits per heavy atom. The average molecular weight is 604 g/mol. The van der Waals surface area contributed by atoms with Gasteiger partial charge in [-0.3, -0.25) is 0 Å². The van der Waals surface area contributed by atoms with E-state index in [-0.39, 0.29) is 21.3 Å². The molecule has 2 aromatic rings. The Labute approximate surface area is 191 Å². The zero-order valence-corrected chi connectivity index (χ0v) is 20.5. The topological polar surface area (TPSA) is 55.8 Å². The van der Waals surface area contributed by atoms with Crippen molar-refractivity contribution in [2.75, 3.05) is 20.3 Å². The van der Waals surface area contributed by atoms with Crippen molar-refractivity contribution in [2.45, 2.75) is 22.0 Å². The second kappa shape index (κ2) is 10.8. The fourth-order valence-corrected chi connectivity index (χ4v) is 4.82. The van der Waals surface area contributed by atoms with Crippen LogP contribution in [0.1, 0.15) is 21.0 Å². The molecule has 7 heteroatoms. The molecule has 1 fully saturated rings. The van der Waals surface area contributed by atoms with Crippen LogP contribution < -0.4 is 0 Å². The van der Waals surface area contributed by atoms with E-state index in [1.807, 2.05) is 42.5 Å². The van der Waals surface area contributed by atoms with E-state index in [1.165, 1.54) is 19.2 Å². The number of carbonyl (C=O) groups excluding carboxylic acids is 2. The molecule has 0 saturated carbocycles. The molecule has 5 nitrogen and oxygen atoms in total. The summed E-state index contributed by atoms with van der Waals surface area (Å²) in [6.45, 7) is 0.690. The molecular weight excluding hydrogens is 580 g/mol. The van der Waals surface area contributed by atoms with E-state index in [0.717, 1.165) is 11.1 Å². The van der Waals surface area contributed by atoms with Gasteiger partial charge in [0.2, 0.25) is 0 Å². The molecule has 1 amide bonds. The molecule has 3 radical (unpaired) electrons. The number of hydrogen-bond donors (Lipinski definition) is 0. The Morgan fingerprint density at radius 3 is 2.57 bits per heavy atom. The van der Waals surface area contributed by atoms with Crippen molar-refractivity contribution in [3.05, 3.63) is 77.6 Å². The van der Waals surface area contributed by atoms with Gasteiger partial charge < -0.3 is 0 Å². The third kappa shape index (κ3) is 5.75. The van der Waals surface area contributed by atoms with Crippen LogP contribution in [0.15, 0.2) is 60.7 Å². The minimum atomic E-state index is -0.631. The Hall–Kier alpha value is -2.07. The number of ether oxygens (including phenoxy) is 2. The zero-order valence-electron chi connectivity index (χ0n) is 16.7. The first-order valence-electron chi connectivity index (χ1n) is 9.67. The number of benzene rings is 2. The summed E-state index contributed by atoms with van der Waals surface area (Å²) in [6.07, 6.45) is 3.84. The van der Waals surface area contributed by atoms with E-state index < -0.39 is 12.0 Å². The summed E-state index contributed by atoms with van der Waals surface area (Å²) in [4.78, 5) is 27.0. The third-order valence-corrected chi connectivity index (χ3v) is 7.26. The summed E-state index contributed by atoms with van der Waals surface area (Å²) in [6, 6.07) is 15.2. The molecule has 2 aromatic carbocycles. The number of methoxy groups -OCH3 is 1. The average Bonchev–Trinajstić information content (AvgIpc) is 3.21. The van der Waals surface area contributed by atoms with Crippen molar-refractivity contribution in [2.24, 2.45) is 0 Å². The fraction of sp³-hybridized carbons (Fsp3) is 0.304. The van der Waals surface area contributed by atoms with Crippen LogP contribution in [0.3, 0.4) is 0 Å². The van der Waals surface area contributed by atoms with E-state index >= 15 is 0 Å². The quantitative estimate of drug-likeness (QED) is 0.361. The van der Waals surface area contributed by atoms with Gasteiger partial charge in [0, 0.05) is 0 Å². The number of esters is 1. The molecule has 1 aliphatic rings. The van der Waals surface area contributed by atoms with E-state index in [9.17, 15) is 14.0 Å². The number of nitrogens with zero attached hydrogens (tertiary/aromatic N) is 1. The molecular formula is C23H23FNO4Pb. The van der Waals surface area contributed by atoms with Crippen molar-refractivity contribution in [3.63, 3.8) is 0 Å². The zero-order chi connectivity index (χ0) is 21.5. The van der Waals surface area contributed by atoms with Crippen LogP contribution >= 0.6 is 0 Å². The van der Waals surface area contributed by atoms with E-state index in [2.05, 4.69) is 0 Å². The van der Waals surface area contributed by atoms with Gasteiger partial charge in [-0.05, 0) is 0 Å². The first kappa shape index (κ1) is 22.6. The number of likely N-dealkylation sites (tertiary alicyclic amines) is 1. The molecule has 30 heavy (non-hydrogen) atoms. The van der Waals surface area contributed by atoms with Crippen LogP contribution in [-0.2, 0) is 19.1 Å². The molecule has 0 aromatic heterocycles.